The number of amides is 1. The molecule has 0 saturated heterocycles. The molecule has 5 heteroatoms. The largest absolute Gasteiger partial charge is 0.346 e. The van der Waals surface area contributed by atoms with Crippen LogP contribution in [0.1, 0.15) is 61.9 Å². The van der Waals surface area contributed by atoms with Crippen molar-refractivity contribution in [2.75, 3.05) is 0 Å². The van der Waals surface area contributed by atoms with Crippen molar-refractivity contribution in [3.05, 3.63) is 11.6 Å². The molecule has 5 nitrogen and oxygen atoms in total. The van der Waals surface area contributed by atoms with Gasteiger partial charge in [-0.3, -0.25) is 9.89 Å². The van der Waals surface area contributed by atoms with E-state index in [4.69, 9.17) is 0 Å². The molecule has 1 aromatic rings. The van der Waals surface area contributed by atoms with Crippen LogP contribution in [-0.4, -0.2) is 27.1 Å². The molecule has 0 bridgehead atoms. The molecule has 18 heavy (non-hydrogen) atoms. The first-order valence-corrected chi connectivity index (χ1v) is 6.88. The number of carbonyl (C=O) groups excluding carboxylic acids is 1. The van der Waals surface area contributed by atoms with Crippen molar-refractivity contribution in [1.82, 2.24) is 20.5 Å². The quantitative estimate of drug-likeness (QED) is 0.857. The van der Waals surface area contributed by atoms with Crippen molar-refractivity contribution < 1.29 is 4.79 Å². The predicted molar refractivity (Wildman–Crippen MR) is 67.2 cm³/mol. The molecule has 2 saturated carbocycles. The Morgan fingerprint density at radius 1 is 1.28 bits per heavy atom. The van der Waals surface area contributed by atoms with Crippen molar-refractivity contribution >= 4 is 5.91 Å². The molecule has 0 aliphatic heterocycles. The van der Waals surface area contributed by atoms with Gasteiger partial charge in [0.05, 0.1) is 0 Å². The van der Waals surface area contributed by atoms with Gasteiger partial charge in [-0.25, -0.2) is 4.98 Å². The summed E-state index contributed by atoms with van der Waals surface area (Å²) in [7, 11) is 0. The number of nitrogens with zero attached hydrogens (tertiary/aromatic N) is 2. The van der Waals surface area contributed by atoms with E-state index in [1.54, 1.807) is 0 Å². The Kier molecular flexibility index (Phi) is 2.84. The van der Waals surface area contributed by atoms with Gasteiger partial charge in [-0.05, 0) is 37.5 Å². The highest BCUT2D eigenvalue weighted by atomic mass is 16.2. The van der Waals surface area contributed by atoms with Crippen LogP contribution in [-0.2, 0) is 0 Å². The number of hydrogen-bond donors (Lipinski definition) is 2. The molecule has 3 rings (SSSR count). The zero-order valence-corrected chi connectivity index (χ0v) is 10.9. The molecule has 1 aromatic heterocycles. The first-order chi connectivity index (χ1) is 8.65. The van der Waals surface area contributed by atoms with Crippen LogP contribution in [0.25, 0.3) is 0 Å². The summed E-state index contributed by atoms with van der Waals surface area (Å²) in [6, 6.07) is 0.273. The van der Waals surface area contributed by atoms with Crippen molar-refractivity contribution in [3.63, 3.8) is 0 Å². The van der Waals surface area contributed by atoms with E-state index in [-0.39, 0.29) is 11.9 Å². The molecule has 2 aliphatic rings. The first-order valence-electron chi connectivity index (χ1n) is 6.88. The lowest BCUT2D eigenvalue weighted by Gasteiger charge is -2.18. The summed E-state index contributed by atoms with van der Waals surface area (Å²) >= 11 is 0. The van der Waals surface area contributed by atoms with Gasteiger partial charge < -0.3 is 5.32 Å². The summed E-state index contributed by atoms with van der Waals surface area (Å²) in [5, 5.41) is 9.95. The summed E-state index contributed by atoms with van der Waals surface area (Å²) in [5.74, 6) is 2.76. The monoisotopic (exact) mass is 248 g/mol. The molecule has 3 unspecified atom stereocenters. The number of aromatic nitrogens is 3. The summed E-state index contributed by atoms with van der Waals surface area (Å²) in [5.41, 5.74) is 0. The maximum Gasteiger partial charge on any atom is 0.291 e. The second-order valence-corrected chi connectivity index (χ2v) is 5.81. The van der Waals surface area contributed by atoms with Gasteiger partial charge in [-0.2, -0.15) is 0 Å². The van der Waals surface area contributed by atoms with E-state index >= 15 is 0 Å². The number of aromatic amines is 1. The van der Waals surface area contributed by atoms with Crippen LogP contribution < -0.4 is 5.32 Å². The molecule has 3 atom stereocenters. The van der Waals surface area contributed by atoms with Crippen LogP contribution in [0.5, 0.6) is 0 Å². The summed E-state index contributed by atoms with van der Waals surface area (Å²) in [4.78, 5) is 16.3. The Balaban J connectivity index is 1.63. The average molecular weight is 248 g/mol. The van der Waals surface area contributed by atoms with Gasteiger partial charge in [0.2, 0.25) is 5.82 Å². The van der Waals surface area contributed by atoms with Crippen molar-refractivity contribution in [1.29, 1.82) is 0 Å². The first kappa shape index (κ1) is 11.7. The Bertz CT molecular complexity index is 452. The minimum atomic E-state index is -0.135. The molecular formula is C13H20N4O. The van der Waals surface area contributed by atoms with E-state index in [9.17, 15) is 4.79 Å². The lowest BCUT2D eigenvalue weighted by atomic mass is 9.98. The summed E-state index contributed by atoms with van der Waals surface area (Å²) in [6.45, 7) is 4.45. The van der Waals surface area contributed by atoms with E-state index in [2.05, 4.69) is 34.3 Å². The molecule has 0 spiro atoms. The van der Waals surface area contributed by atoms with Crippen LogP contribution in [0.4, 0.5) is 0 Å². The van der Waals surface area contributed by atoms with Crippen molar-refractivity contribution in [2.45, 2.75) is 51.5 Å². The third-order valence-electron chi connectivity index (χ3n) is 4.45. The predicted octanol–water partition coefficient (Wildman–Crippen LogP) is 1.85. The average Bonchev–Trinajstić information content (AvgIpc) is 3.02. The van der Waals surface area contributed by atoms with Gasteiger partial charge >= 0.3 is 0 Å². The molecule has 1 amide bonds. The summed E-state index contributed by atoms with van der Waals surface area (Å²) in [6.07, 6.45) is 4.57. The minimum Gasteiger partial charge on any atom is -0.346 e. The minimum absolute atomic E-state index is 0.135. The van der Waals surface area contributed by atoms with Gasteiger partial charge in [0.1, 0.15) is 5.82 Å². The molecule has 1 heterocycles. The van der Waals surface area contributed by atoms with E-state index in [1.165, 1.54) is 6.42 Å². The number of hydrogen-bond acceptors (Lipinski definition) is 3. The Labute approximate surface area is 107 Å². The lowest BCUT2D eigenvalue weighted by Crippen LogP contribution is -2.37. The maximum atomic E-state index is 12.1. The van der Waals surface area contributed by atoms with Gasteiger partial charge in [-0.15, -0.1) is 5.10 Å². The number of nitrogens with one attached hydrogen (secondary N) is 2. The second-order valence-electron chi connectivity index (χ2n) is 5.81. The second kappa shape index (κ2) is 4.37. The number of rotatable bonds is 3. The Morgan fingerprint density at radius 3 is 2.67 bits per heavy atom. The summed E-state index contributed by atoms with van der Waals surface area (Å²) < 4.78 is 0. The Morgan fingerprint density at radius 2 is 2.06 bits per heavy atom. The van der Waals surface area contributed by atoms with Crippen molar-refractivity contribution in [3.8, 4) is 0 Å². The van der Waals surface area contributed by atoms with Gasteiger partial charge in [0.15, 0.2) is 0 Å². The molecule has 0 aromatic carbocycles. The van der Waals surface area contributed by atoms with Crippen LogP contribution in [0.15, 0.2) is 0 Å². The highest BCUT2D eigenvalue weighted by molar-refractivity contribution is 5.90. The van der Waals surface area contributed by atoms with Crippen LogP contribution in [0, 0.1) is 11.8 Å². The van der Waals surface area contributed by atoms with Gasteiger partial charge in [0.25, 0.3) is 5.91 Å². The molecule has 0 radical (unpaired) electrons. The van der Waals surface area contributed by atoms with E-state index < -0.39 is 0 Å². The molecule has 2 fully saturated rings. The smallest absolute Gasteiger partial charge is 0.291 e. The standard InChI is InChI=1S/C13H20N4O/c1-7-3-6-10(8(7)2)14-13(18)12-15-11(16-17-12)9-4-5-9/h7-10H,3-6H2,1-2H3,(H,14,18)(H,15,16,17). The third-order valence-corrected chi connectivity index (χ3v) is 4.45. The molecule has 2 aliphatic carbocycles. The normalized spacial score (nSPS) is 31.6. The van der Waals surface area contributed by atoms with Crippen LogP contribution >= 0.6 is 0 Å². The van der Waals surface area contributed by atoms with Crippen LogP contribution in [0.2, 0.25) is 0 Å². The zero-order chi connectivity index (χ0) is 12.7. The fourth-order valence-electron chi connectivity index (χ4n) is 2.72. The van der Waals surface area contributed by atoms with E-state index in [1.807, 2.05) is 0 Å². The maximum absolute atomic E-state index is 12.1. The third kappa shape index (κ3) is 2.13. The Hall–Kier alpha value is -1.39. The SMILES string of the molecule is CC1CCC(NC(=O)c2n[nH]c(C3CC3)n2)C1C. The molecular weight excluding hydrogens is 228 g/mol. The van der Waals surface area contributed by atoms with Crippen LogP contribution in [0.3, 0.4) is 0 Å². The number of H-pyrrole nitrogens is 1. The van der Waals surface area contributed by atoms with Gasteiger partial charge in [-0.1, -0.05) is 13.8 Å². The van der Waals surface area contributed by atoms with Crippen molar-refractivity contribution in [2.24, 2.45) is 11.8 Å². The van der Waals surface area contributed by atoms with E-state index in [0.29, 0.717) is 23.6 Å². The van der Waals surface area contributed by atoms with E-state index in [0.717, 1.165) is 25.1 Å². The fraction of sp³-hybridized carbons (Fsp3) is 0.769. The highest BCUT2D eigenvalue weighted by Crippen LogP contribution is 2.37. The lowest BCUT2D eigenvalue weighted by molar-refractivity contribution is 0.0917. The molecule has 2 N–H and O–H groups in total. The molecule has 98 valence electrons. The highest BCUT2D eigenvalue weighted by Gasteiger charge is 2.32. The van der Waals surface area contributed by atoms with Gasteiger partial charge in [0, 0.05) is 12.0 Å². The number of carbonyl (C=O) groups is 1. The fourth-order valence-corrected chi connectivity index (χ4v) is 2.72. The topological polar surface area (TPSA) is 70.7 Å². The zero-order valence-electron chi connectivity index (χ0n) is 10.9.